The van der Waals surface area contributed by atoms with Crippen molar-refractivity contribution in [2.45, 2.75) is 5.92 Å². The van der Waals surface area contributed by atoms with Gasteiger partial charge in [-0.2, -0.15) is 0 Å². The van der Waals surface area contributed by atoms with E-state index in [0.29, 0.717) is 11.1 Å². The topological polar surface area (TPSA) is 82.6 Å². The van der Waals surface area contributed by atoms with E-state index >= 15 is 0 Å². The molecule has 4 aromatic rings. The molecule has 0 aliphatic rings. The minimum atomic E-state index is -2.91. The molecule has 0 saturated carbocycles. The van der Waals surface area contributed by atoms with Crippen LogP contribution < -0.4 is 15.9 Å². The highest BCUT2D eigenvalue weighted by Crippen LogP contribution is 2.49. The summed E-state index contributed by atoms with van der Waals surface area (Å²) in [5.41, 5.74) is 0. The molecular formula is C27H24NO5P. The predicted octanol–water partition coefficient (Wildman–Crippen LogP) is 3.98. The van der Waals surface area contributed by atoms with Crippen molar-refractivity contribution in [3.8, 4) is 0 Å². The molecule has 0 amide bonds. The average molecular weight is 473 g/mol. The van der Waals surface area contributed by atoms with Crippen LogP contribution in [-0.2, 0) is 9.53 Å². The fourth-order valence-electron chi connectivity index (χ4n) is 4.39. The Morgan fingerprint density at radius 1 is 0.853 bits per heavy atom. The van der Waals surface area contributed by atoms with Gasteiger partial charge in [0, 0.05) is 4.92 Å². The molecule has 0 spiro atoms. The maximum atomic E-state index is 13.7. The molecular weight excluding hydrogens is 449 g/mol. The largest absolute Gasteiger partial charge is 0.468 e. The maximum absolute atomic E-state index is 13.7. The predicted molar refractivity (Wildman–Crippen MR) is 135 cm³/mol. The van der Waals surface area contributed by atoms with Gasteiger partial charge in [0.05, 0.1) is 18.7 Å². The number of methoxy groups -OCH3 is 1. The number of hydrogen-bond donors (Lipinski definition) is 0. The number of benzene rings is 3. The Bertz CT molecular complexity index is 1200. The van der Waals surface area contributed by atoms with Crippen LogP contribution in [0.2, 0.25) is 0 Å². The molecule has 7 heteroatoms. The quantitative estimate of drug-likeness (QED) is 0.167. The summed E-state index contributed by atoms with van der Waals surface area (Å²) >= 11 is 0. The number of furan rings is 1. The van der Waals surface area contributed by atoms with Gasteiger partial charge in [0.15, 0.2) is 0 Å². The molecule has 0 fully saturated rings. The van der Waals surface area contributed by atoms with Gasteiger partial charge in [-0.25, -0.2) is 4.79 Å². The summed E-state index contributed by atoms with van der Waals surface area (Å²) in [5.74, 6) is -1.16. The van der Waals surface area contributed by atoms with Crippen LogP contribution in [0.15, 0.2) is 114 Å². The van der Waals surface area contributed by atoms with Crippen LogP contribution in [0.3, 0.4) is 0 Å². The van der Waals surface area contributed by atoms with Gasteiger partial charge in [-0.05, 0) is 34.9 Å². The highest BCUT2D eigenvalue weighted by molar-refractivity contribution is 7.96. The molecule has 3 aromatic carbocycles. The average Bonchev–Trinajstić information content (AvgIpc) is 3.42. The van der Waals surface area contributed by atoms with Crippen molar-refractivity contribution in [3.05, 3.63) is 125 Å². The Labute approximate surface area is 197 Å². The van der Waals surface area contributed by atoms with Gasteiger partial charge in [-0.1, -0.05) is 91.0 Å². The lowest BCUT2D eigenvalue weighted by Crippen LogP contribution is -2.38. The Kier molecular flexibility index (Phi) is 7.09. The number of ether oxygens (including phenoxy) is 1. The molecule has 0 unspecified atom stereocenters. The third-order valence-corrected chi connectivity index (χ3v) is 10.2. The van der Waals surface area contributed by atoms with Crippen molar-refractivity contribution in [2.75, 3.05) is 13.7 Å². The lowest BCUT2D eigenvalue weighted by atomic mass is 10.0. The van der Waals surface area contributed by atoms with E-state index in [2.05, 4.69) is 0 Å². The highest BCUT2D eigenvalue weighted by Gasteiger charge is 2.41. The van der Waals surface area contributed by atoms with E-state index in [0.717, 1.165) is 15.9 Å². The molecule has 1 heterocycles. The Morgan fingerprint density at radius 3 is 1.68 bits per heavy atom. The lowest BCUT2D eigenvalue weighted by molar-refractivity contribution is -0.481. The fourth-order valence-corrected chi connectivity index (χ4v) is 9.02. The summed E-state index contributed by atoms with van der Waals surface area (Å²) in [4.78, 5) is 25.2. The van der Waals surface area contributed by atoms with Crippen LogP contribution in [-0.4, -0.2) is 29.8 Å². The first-order chi connectivity index (χ1) is 16.6. The zero-order valence-corrected chi connectivity index (χ0v) is 19.5. The Morgan fingerprint density at radius 2 is 1.32 bits per heavy atom. The van der Waals surface area contributed by atoms with Crippen LogP contribution in [0.1, 0.15) is 11.7 Å². The van der Waals surface area contributed by atoms with Crippen LogP contribution in [0.4, 0.5) is 0 Å². The van der Waals surface area contributed by atoms with Gasteiger partial charge in [0.2, 0.25) is 6.54 Å². The van der Waals surface area contributed by atoms with E-state index < -0.39 is 30.2 Å². The minimum absolute atomic E-state index is 0.324. The van der Waals surface area contributed by atoms with Crippen LogP contribution in [0.25, 0.3) is 0 Å². The van der Waals surface area contributed by atoms with E-state index in [4.69, 9.17) is 9.15 Å². The molecule has 34 heavy (non-hydrogen) atoms. The SMILES string of the molecule is COC(=O)C([C@H](C[N+](=O)[O-])c1ccco1)=P(c1ccccc1)(c1ccccc1)c1ccccc1. The molecule has 0 radical (unpaired) electrons. The highest BCUT2D eigenvalue weighted by atomic mass is 31.2. The number of nitro groups is 1. The molecule has 4 rings (SSSR count). The van der Waals surface area contributed by atoms with Gasteiger partial charge in [0.1, 0.15) is 11.7 Å². The van der Waals surface area contributed by atoms with Crippen LogP contribution in [0, 0.1) is 10.1 Å². The van der Waals surface area contributed by atoms with Gasteiger partial charge >= 0.3 is 5.97 Å². The minimum Gasteiger partial charge on any atom is -0.468 e. The molecule has 1 aromatic heterocycles. The maximum Gasteiger partial charge on any atom is 0.335 e. The number of hydrogen-bond acceptors (Lipinski definition) is 5. The first-order valence-electron chi connectivity index (χ1n) is 10.8. The van der Waals surface area contributed by atoms with Gasteiger partial charge in [-0.3, -0.25) is 10.1 Å². The number of rotatable bonds is 8. The van der Waals surface area contributed by atoms with Gasteiger partial charge < -0.3 is 9.15 Å². The van der Waals surface area contributed by atoms with E-state index in [-0.39, 0.29) is 0 Å². The summed E-state index contributed by atoms with van der Waals surface area (Å²) in [7, 11) is 1.31. The molecule has 0 saturated heterocycles. The van der Waals surface area contributed by atoms with Crippen molar-refractivity contribution in [2.24, 2.45) is 0 Å². The Hall–Kier alpha value is -3.89. The third-order valence-electron chi connectivity index (χ3n) is 5.73. The first-order valence-corrected chi connectivity index (χ1v) is 12.5. The van der Waals surface area contributed by atoms with Crippen LogP contribution in [0.5, 0.6) is 0 Å². The molecule has 0 bridgehead atoms. The van der Waals surface area contributed by atoms with E-state index in [1.165, 1.54) is 13.4 Å². The van der Waals surface area contributed by atoms with E-state index in [9.17, 15) is 14.9 Å². The van der Waals surface area contributed by atoms with E-state index in [1.54, 1.807) is 12.1 Å². The number of nitrogens with zero attached hydrogens (tertiary/aromatic N) is 1. The standard InChI is InChI=1S/C27H24NO5P/c1-32-27(29)26(24(20-28(30)31)25-18-11-19-33-25)34(21-12-5-2-6-13-21,22-14-7-3-8-15-22)23-16-9-4-10-17-23/h2-19,24H,20H2,1H3/t24-/m1/s1. The molecule has 172 valence electrons. The molecule has 0 aliphatic heterocycles. The number of carbonyl (C=O) groups excluding carboxylic acids is 1. The monoisotopic (exact) mass is 473 g/mol. The Balaban J connectivity index is 2.29. The zero-order valence-electron chi connectivity index (χ0n) is 18.6. The second kappa shape index (κ2) is 10.4. The van der Waals surface area contributed by atoms with Crippen LogP contribution >= 0.6 is 6.89 Å². The summed E-state index contributed by atoms with van der Waals surface area (Å²) in [5, 5.41) is 14.9. The van der Waals surface area contributed by atoms with Gasteiger partial charge in [0.25, 0.3) is 0 Å². The van der Waals surface area contributed by atoms with E-state index in [1.807, 2.05) is 91.0 Å². The molecule has 0 N–H and O–H groups in total. The molecule has 1 atom stereocenters. The van der Waals surface area contributed by atoms with Crippen molar-refractivity contribution in [1.82, 2.24) is 0 Å². The smallest absolute Gasteiger partial charge is 0.335 e. The fraction of sp³-hybridized carbons (Fsp3) is 0.111. The summed E-state index contributed by atoms with van der Waals surface area (Å²) in [6.45, 7) is -3.42. The number of carbonyl (C=O) groups is 1. The second-order valence-electron chi connectivity index (χ2n) is 7.64. The first kappa shape index (κ1) is 23.3. The normalized spacial score (nSPS) is 12.0. The summed E-state index contributed by atoms with van der Waals surface area (Å²) in [6.07, 6.45) is 1.46. The molecule has 0 aliphatic carbocycles. The lowest BCUT2D eigenvalue weighted by Gasteiger charge is -2.33. The van der Waals surface area contributed by atoms with Crippen molar-refractivity contribution >= 4 is 34.1 Å². The van der Waals surface area contributed by atoms with Crippen molar-refractivity contribution < 1.29 is 18.9 Å². The van der Waals surface area contributed by atoms with Crippen molar-refractivity contribution in [3.63, 3.8) is 0 Å². The third kappa shape index (κ3) is 4.33. The second-order valence-corrected chi connectivity index (χ2v) is 11.0. The summed E-state index contributed by atoms with van der Waals surface area (Å²) < 4.78 is 11.0. The molecule has 6 nitrogen and oxygen atoms in total. The summed E-state index contributed by atoms with van der Waals surface area (Å²) in [6, 6.07) is 32.4. The zero-order chi connectivity index (χ0) is 24.0. The number of esters is 1. The van der Waals surface area contributed by atoms with Crippen molar-refractivity contribution in [1.29, 1.82) is 0 Å². The van der Waals surface area contributed by atoms with Gasteiger partial charge in [-0.15, -0.1) is 0 Å².